The third kappa shape index (κ3) is 1.47. The summed E-state index contributed by atoms with van der Waals surface area (Å²) >= 11 is 0. The number of hydrogen-bond acceptors (Lipinski definition) is 2. The molecule has 3 rings (SSSR count). The highest BCUT2D eigenvalue weighted by Crippen LogP contribution is 2.29. The quantitative estimate of drug-likeness (QED) is 0.768. The van der Waals surface area contributed by atoms with Crippen LogP contribution in [0.1, 0.15) is 18.2 Å². The average Bonchev–Trinajstić information content (AvgIpc) is 2.38. The molecule has 0 spiro atoms. The Kier molecular flexibility index (Phi) is 2.47. The molecule has 0 fully saturated rings. The number of rotatable bonds is 1. The minimum atomic E-state index is 0.0690. The Morgan fingerprint density at radius 1 is 1.39 bits per heavy atom. The smallest absolute Gasteiger partial charge is 0.259 e. The van der Waals surface area contributed by atoms with Crippen LogP contribution in [0.5, 0.6) is 5.75 Å². The molecule has 2 aromatic rings. The van der Waals surface area contributed by atoms with E-state index in [2.05, 4.69) is 6.07 Å². The van der Waals surface area contributed by atoms with Crippen molar-refractivity contribution in [1.82, 2.24) is 4.57 Å². The van der Waals surface area contributed by atoms with Gasteiger partial charge in [0.05, 0.1) is 5.39 Å². The molecule has 0 N–H and O–H groups in total. The SMILES string of the molecule is CCn1c(C)cc2ccc3c(c2c1=O)C=CCO3. The van der Waals surface area contributed by atoms with E-state index in [1.807, 2.05) is 38.1 Å². The Morgan fingerprint density at radius 2 is 2.22 bits per heavy atom. The highest BCUT2D eigenvalue weighted by Gasteiger charge is 2.14. The number of aromatic nitrogens is 1. The number of nitrogens with zero attached hydrogens (tertiary/aromatic N) is 1. The molecular formula is C15H15NO2. The van der Waals surface area contributed by atoms with Crippen molar-refractivity contribution in [2.24, 2.45) is 0 Å². The molecule has 3 nitrogen and oxygen atoms in total. The Labute approximate surface area is 105 Å². The summed E-state index contributed by atoms with van der Waals surface area (Å²) < 4.78 is 7.35. The highest BCUT2D eigenvalue weighted by molar-refractivity contribution is 5.93. The van der Waals surface area contributed by atoms with Crippen LogP contribution in [0.3, 0.4) is 0 Å². The first-order valence-corrected chi connectivity index (χ1v) is 6.19. The lowest BCUT2D eigenvalue weighted by Crippen LogP contribution is -2.22. The lowest BCUT2D eigenvalue weighted by molar-refractivity contribution is 0.359. The molecule has 0 unspecified atom stereocenters. The van der Waals surface area contributed by atoms with Crippen LogP contribution in [0.15, 0.2) is 29.1 Å². The maximum atomic E-state index is 12.5. The monoisotopic (exact) mass is 241 g/mol. The normalized spacial score (nSPS) is 13.4. The number of hydrogen-bond donors (Lipinski definition) is 0. The van der Waals surface area contributed by atoms with Crippen molar-refractivity contribution in [2.75, 3.05) is 6.61 Å². The summed E-state index contributed by atoms with van der Waals surface area (Å²) in [6.45, 7) is 5.22. The van der Waals surface area contributed by atoms with Crippen LogP contribution in [0, 0.1) is 6.92 Å². The Morgan fingerprint density at radius 3 is 3.00 bits per heavy atom. The molecular weight excluding hydrogens is 226 g/mol. The van der Waals surface area contributed by atoms with Crippen molar-refractivity contribution in [3.63, 3.8) is 0 Å². The van der Waals surface area contributed by atoms with E-state index in [1.165, 1.54) is 0 Å². The first kappa shape index (κ1) is 11.1. The Hall–Kier alpha value is -2.03. The van der Waals surface area contributed by atoms with E-state index in [1.54, 1.807) is 4.57 Å². The van der Waals surface area contributed by atoms with Gasteiger partial charge in [-0.1, -0.05) is 12.1 Å². The number of pyridine rings is 1. The van der Waals surface area contributed by atoms with Crippen molar-refractivity contribution in [3.8, 4) is 5.75 Å². The second-order valence-corrected chi connectivity index (χ2v) is 4.49. The molecule has 0 radical (unpaired) electrons. The van der Waals surface area contributed by atoms with Crippen LogP contribution >= 0.6 is 0 Å². The predicted octanol–water partition coefficient (Wildman–Crippen LogP) is 2.74. The van der Waals surface area contributed by atoms with Crippen LogP contribution in [0.2, 0.25) is 0 Å². The summed E-state index contributed by atoms with van der Waals surface area (Å²) in [6, 6.07) is 5.96. The molecule has 0 bridgehead atoms. The summed E-state index contributed by atoms with van der Waals surface area (Å²) in [5.74, 6) is 0.800. The lowest BCUT2D eigenvalue weighted by atomic mass is 10.0. The molecule has 92 valence electrons. The number of ether oxygens (including phenoxy) is 1. The van der Waals surface area contributed by atoms with Gasteiger partial charge in [-0.15, -0.1) is 0 Å². The summed E-state index contributed by atoms with van der Waals surface area (Å²) in [5.41, 5.74) is 1.97. The first-order chi connectivity index (χ1) is 8.72. The van der Waals surface area contributed by atoms with Crippen molar-refractivity contribution < 1.29 is 4.74 Å². The van der Waals surface area contributed by atoms with Gasteiger partial charge in [-0.2, -0.15) is 0 Å². The Bertz CT molecular complexity index is 710. The van der Waals surface area contributed by atoms with E-state index in [0.717, 1.165) is 27.8 Å². The fraction of sp³-hybridized carbons (Fsp3) is 0.267. The zero-order valence-corrected chi connectivity index (χ0v) is 10.6. The van der Waals surface area contributed by atoms with Crippen molar-refractivity contribution in [2.45, 2.75) is 20.4 Å². The molecule has 18 heavy (non-hydrogen) atoms. The van der Waals surface area contributed by atoms with Gasteiger partial charge in [0.25, 0.3) is 5.56 Å². The van der Waals surface area contributed by atoms with Gasteiger partial charge >= 0.3 is 0 Å². The molecule has 0 aliphatic carbocycles. The highest BCUT2D eigenvalue weighted by atomic mass is 16.5. The lowest BCUT2D eigenvalue weighted by Gasteiger charge is -2.16. The van der Waals surface area contributed by atoms with Gasteiger partial charge in [0.2, 0.25) is 0 Å². The molecule has 3 heteroatoms. The standard InChI is InChI=1S/C15H15NO2/c1-3-16-10(2)9-11-6-7-13-12(5-4-8-18-13)14(11)15(16)17/h4-7,9H,3,8H2,1-2H3. The van der Waals surface area contributed by atoms with Gasteiger partial charge < -0.3 is 9.30 Å². The van der Waals surface area contributed by atoms with Crippen LogP contribution in [0.4, 0.5) is 0 Å². The van der Waals surface area contributed by atoms with Crippen LogP contribution in [-0.2, 0) is 6.54 Å². The second-order valence-electron chi connectivity index (χ2n) is 4.49. The van der Waals surface area contributed by atoms with E-state index < -0.39 is 0 Å². The number of aryl methyl sites for hydroxylation is 1. The van der Waals surface area contributed by atoms with Crippen molar-refractivity contribution >= 4 is 16.8 Å². The summed E-state index contributed by atoms with van der Waals surface area (Å²) in [6.07, 6.45) is 3.93. The maximum absolute atomic E-state index is 12.5. The fourth-order valence-corrected chi connectivity index (χ4v) is 2.56. The first-order valence-electron chi connectivity index (χ1n) is 6.19. The van der Waals surface area contributed by atoms with Gasteiger partial charge in [-0.05, 0) is 37.4 Å². The van der Waals surface area contributed by atoms with Gasteiger partial charge in [0.1, 0.15) is 12.4 Å². The minimum Gasteiger partial charge on any atom is -0.489 e. The van der Waals surface area contributed by atoms with Gasteiger partial charge in [0.15, 0.2) is 0 Å². The fourth-order valence-electron chi connectivity index (χ4n) is 2.56. The number of benzene rings is 1. The van der Waals surface area contributed by atoms with E-state index >= 15 is 0 Å². The molecule has 1 aromatic carbocycles. The van der Waals surface area contributed by atoms with Gasteiger partial charge in [-0.3, -0.25) is 4.79 Å². The molecule has 0 atom stereocenters. The van der Waals surface area contributed by atoms with Gasteiger partial charge in [0, 0.05) is 17.8 Å². The van der Waals surface area contributed by atoms with Crippen molar-refractivity contribution in [1.29, 1.82) is 0 Å². The van der Waals surface area contributed by atoms with Crippen molar-refractivity contribution in [3.05, 3.63) is 45.9 Å². The van der Waals surface area contributed by atoms with Gasteiger partial charge in [-0.25, -0.2) is 0 Å². The van der Waals surface area contributed by atoms with E-state index in [4.69, 9.17) is 4.74 Å². The molecule has 0 amide bonds. The second kappa shape index (κ2) is 4.02. The summed E-state index contributed by atoms with van der Waals surface area (Å²) in [5, 5.41) is 1.74. The number of fused-ring (bicyclic) bond motifs is 3. The zero-order chi connectivity index (χ0) is 12.7. The molecule has 1 aliphatic heterocycles. The van der Waals surface area contributed by atoms with E-state index in [0.29, 0.717) is 13.2 Å². The maximum Gasteiger partial charge on any atom is 0.259 e. The largest absolute Gasteiger partial charge is 0.489 e. The predicted molar refractivity (Wildman–Crippen MR) is 73.1 cm³/mol. The summed E-state index contributed by atoms with van der Waals surface area (Å²) in [4.78, 5) is 12.5. The molecule has 2 heterocycles. The Balaban J connectivity index is 2.48. The third-order valence-corrected chi connectivity index (χ3v) is 3.42. The van der Waals surface area contributed by atoms with E-state index in [-0.39, 0.29) is 5.56 Å². The molecule has 0 saturated carbocycles. The topological polar surface area (TPSA) is 31.2 Å². The van der Waals surface area contributed by atoms with Crippen LogP contribution in [-0.4, -0.2) is 11.2 Å². The van der Waals surface area contributed by atoms with E-state index in [9.17, 15) is 4.79 Å². The summed E-state index contributed by atoms with van der Waals surface area (Å²) in [7, 11) is 0. The van der Waals surface area contributed by atoms with Crippen LogP contribution in [0.25, 0.3) is 16.8 Å². The average molecular weight is 241 g/mol. The zero-order valence-electron chi connectivity index (χ0n) is 10.6. The molecule has 1 aromatic heterocycles. The molecule has 1 aliphatic rings. The minimum absolute atomic E-state index is 0.0690. The third-order valence-electron chi connectivity index (χ3n) is 3.42. The van der Waals surface area contributed by atoms with Crippen LogP contribution < -0.4 is 10.3 Å². The molecule has 0 saturated heterocycles.